The summed E-state index contributed by atoms with van der Waals surface area (Å²) in [5.74, 6) is 0.357. The molecule has 3 rings (SSSR count). The number of nitriles is 2. The lowest BCUT2D eigenvalue weighted by atomic mass is 10.2. The van der Waals surface area contributed by atoms with E-state index in [4.69, 9.17) is 10.5 Å². The standard InChI is InChI=1S/C17H11FN4/c18-14-5-3-13(4-6-14)17-21-15-10-12(11-20)2-7-16(15)22(17)9-1-8-19/h2-7,10H,1,9H2. The summed E-state index contributed by atoms with van der Waals surface area (Å²) in [4.78, 5) is 4.55. The molecule has 22 heavy (non-hydrogen) atoms. The van der Waals surface area contributed by atoms with Crippen molar-refractivity contribution in [2.75, 3.05) is 0 Å². The maximum Gasteiger partial charge on any atom is 0.141 e. The maximum atomic E-state index is 13.1. The van der Waals surface area contributed by atoms with Gasteiger partial charge in [-0.15, -0.1) is 0 Å². The zero-order valence-corrected chi connectivity index (χ0v) is 11.6. The van der Waals surface area contributed by atoms with E-state index in [0.29, 0.717) is 29.9 Å². The molecule has 0 amide bonds. The Morgan fingerprint density at radius 3 is 2.55 bits per heavy atom. The first-order chi connectivity index (χ1) is 10.7. The lowest BCUT2D eigenvalue weighted by Gasteiger charge is -2.07. The van der Waals surface area contributed by atoms with Crippen molar-refractivity contribution in [3.8, 4) is 23.5 Å². The summed E-state index contributed by atoms with van der Waals surface area (Å²) in [6.07, 6.45) is 0.347. The van der Waals surface area contributed by atoms with Gasteiger partial charge >= 0.3 is 0 Å². The van der Waals surface area contributed by atoms with Crippen LogP contribution in [0.4, 0.5) is 4.39 Å². The van der Waals surface area contributed by atoms with Crippen LogP contribution in [-0.4, -0.2) is 9.55 Å². The molecule has 1 heterocycles. The number of imidazole rings is 1. The van der Waals surface area contributed by atoms with Crippen molar-refractivity contribution in [2.24, 2.45) is 0 Å². The molecule has 1 aromatic heterocycles. The lowest BCUT2D eigenvalue weighted by molar-refractivity contribution is 0.628. The van der Waals surface area contributed by atoms with Gasteiger partial charge in [-0.25, -0.2) is 9.37 Å². The first-order valence-electron chi connectivity index (χ1n) is 6.76. The Kier molecular flexibility index (Phi) is 3.55. The van der Waals surface area contributed by atoms with Gasteiger partial charge in [0.1, 0.15) is 11.6 Å². The quantitative estimate of drug-likeness (QED) is 0.739. The fourth-order valence-electron chi connectivity index (χ4n) is 2.41. The number of rotatable bonds is 3. The number of aryl methyl sites for hydroxylation is 1. The number of benzene rings is 2. The van der Waals surface area contributed by atoms with Gasteiger partial charge in [0.25, 0.3) is 0 Å². The first kappa shape index (κ1) is 13.8. The van der Waals surface area contributed by atoms with Crippen LogP contribution in [-0.2, 0) is 6.54 Å². The number of aromatic nitrogens is 2. The van der Waals surface area contributed by atoms with Crippen molar-refractivity contribution in [3.05, 3.63) is 53.8 Å². The van der Waals surface area contributed by atoms with E-state index in [-0.39, 0.29) is 5.82 Å². The van der Waals surface area contributed by atoms with E-state index in [1.54, 1.807) is 24.3 Å². The zero-order valence-electron chi connectivity index (χ0n) is 11.6. The SMILES string of the molecule is N#CCCn1c(-c2ccc(F)cc2)nc2cc(C#N)ccc21. The average molecular weight is 290 g/mol. The molecule has 0 aliphatic rings. The van der Waals surface area contributed by atoms with Gasteiger partial charge in [-0.1, -0.05) is 0 Å². The predicted molar refractivity (Wildman–Crippen MR) is 80.1 cm³/mol. The summed E-state index contributed by atoms with van der Waals surface area (Å²) in [6.45, 7) is 0.492. The summed E-state index contributed by atoms with van der Waals surface area (Å²) in [7, 11) is 0. The van der Waals surface area contributed by atoms with Gasteiger partial charge in [-0.2, -0.15) is 10.5 Å². The summed E-state index contributed by atoms with van der Waals surface area (Å²) >= 11 is 0. The Hall–Kier alpha value is -3.18. The second-order valence-electron chi connectivity index (χ2n) is 4.82. The number of fused-ring (bicyclic) bond motifs is 1. The highest BCUT2D eigenvalue weighted by Gasteiger charge is 2.13. The van der Waals surface area contributed by atoms with Crippen LogP contribution in [0.25, 0.3) is 22.4 Å². The molecule has 0 aliphatic carbocycles. The predicted octanol–water partition coefficient (Wildman–Crippen LogP) is 3.63. The summed E-state index contributed by atoms with van der Waals surface area (Å²) in [5, 5.41) is 17.8. The van der Waals surface area contributed by atoms with Gasteiger partial charge in [-0.3, -0.25) is 0 Å². The molecule has 2 aromatic carbocycles. The first-order valence-corrected chi connectivity index (χ1v) is 6.76. The molecule has 0 bridgehead atoms. The third-order valence-corrected chi connectivity index (χ3v) is 3.43. The molecule has 0 fully saturated rings. The van der Waals surface area contributed by atoms with Crippen LogP contribution in [0, 0.1) is 28.5 Å². The van der Waals surface area contributed by atoms with Crippen LogP contribution in [0.15, 0.2) is 42.5 Å². The molecule has 0 saturated carbocycles. The molecule has 0 aliphatic heterocycles. The molecule has 106 valence electrons. The van der Waals surface area contributed by atoms with E-state index in [1.807, 2.05) is 10.6 Å². The fourth-order valence-corrected chi connectivity index (χ4v) is 2.41. The number of hydrogen-bond acceptors (Lipinski definition) is 3. The van der Waals surface area contributed by atoms with Crippen LogP contribution in [0.2, 0.25) is 0 Å². The van der Waals surface area contributed by atoms with Gasteiger partial charge in [0.2, 0.25) is 0 Å². The van der Waals surface area contributed by atoms with Gasteiger partial charge in [-0.05, 0) is 42.5 Å². The molecule has 0 unspecified atom stereocenters. The average Bonchev–Trinajstić information content (AvgIpc) is 2.91. The largest absolute Gasteiger partial charge is 0.323 e. The summed E-state index contributed by atoms with van der Waals surface area (Å²) < 4.78 is 15.0. The zero-order chi connectivity index (χ0) is 15.5. The molecular weight excluding hydrogens is 279 g/mol. The molecule has 3 aromatic rings. The van der Waals surface area contributed by atoms with E-state index in [9.17, 15) is 4.39 Å². The molecule has 0 radical (unpaired) electrons. The van der Waals surface area contributed by atoms with Crippen molar-refractivity contribution < 1.29 is 4.39 Å². The van der Waals surface area contributed by atoms with Crippen LogP contribution in [0.5, 0.6) is 0 Å². The van der Waals surface area contributed by atoms with E-state index in [1.165, 1.54) is 12.1 Å². The molecule has 0 N–H and O–H groups in total. The highest BCUT2D eigenvalue weighted by atomic mass is 19.1. The van der Waals surface area contributed by atoms with Gasteiger partial charge < -0.3 is 4.57 Å². The summed E-state index contributed by atoms with van der Waals surface area (Å²) in [6, 6.07) is 15.5. The Morgan fingerprint density at radius 2 is 1.86 bits per heavy atom. The van der Waals surface area contributed by atoms with Crippen LogP contribution in [0.3, 0.4) is 0 Å². The minimum atomic E-state index is -0.310. The minimum Gasteiger partial charge on any atom is -0.323 e. The van der Waals surface area contributed by atoms with E-state index < -0.39 is 0 Å². The fraction of sp³-hybridized carbons (Fsp3) is 0.118. The van der Waals surface area contributed by atoms with E-state index in [0.717, 1.165) is 11.1 Å². The normalized spacial score (nSPS) is 10.3. The van der Waals surface area contributed by atoms with Crippen LogP contribution < -0.4 is 0 Å². The Bertz CT molecular complexity index is 911. The number of halogens is 1. The lowest BCUT2D eigenvalue weighted by Crippen LogP contribution is -2.00. The molecular formula is C17H11FN4. The Balaban J connectivity index is 2.21. The monoisotopic (exact) mass is 290 g/mol. The van der Waals surface area contributed by atoms with E-state index >= 15 is 0 Å². The second kappa shape index (κ2) is 5.67. The number of hydrogen-bond donors (Lipinski definition) is 0. The number of nitrogens with zero attached hydrogens (tertiary/aromatic N) is 4. The third kappa shape index (κ3) is 2.41. The molecule has 5 heteroatoms. The topological polar surface area (TPSA) is 65.4 Å². The third-order valence-electron chi connectivity index (χ3n) is 3.43. The summed E-state index contributed by atoms with van der Waals surface area (Å²) in [5.41, 5.74) is 2.85. The van der Waals surface area contributed by atoms with Gasteiger partial charge in [0, 0.05) is 12.1 Å². The molecule has 4 nitrogen and oxygen atoms in total. The van der Waals surface area contributed by atoms with Crippen molar-refractivity contribution >= 4 is 11.0 Å². The van der Waals surface area contributed by atoms with Gasteiger partial charge in [0.15, 0.2) is 0 Å². The molecule has 0 spiro atoms. The van der Waals surface area contributed by atoms with Gasteiger partial charge in [0.05, 0.1) is 35.2 Å². The van der Waals surface area contributed by atoms with Crippen molar-refractivity contribution in [1.29, 1.82) is 10.5 Å². The minimum absolute atomic E-state index is 0.310. The highest BCUT2D eigenvalue weighted by molar-refractivity contribution is 5.82. The van der Waals surface area contributed by atoms with Crippen molar-refractivity contribution in [2.45, 2.75) is 13.0 Å². The van der Waals surface area contributed by atoms with Crippen molar-refractivity contribution in [3.63, 3.8) is 0 Å². The molecule has 0 atom stereocenters. The second-order valence-corrected chi connectivity index (χ2v) is 4.82. The van der Waals surface area contributed by atoms with Crippen molar-refractivity contribution in [1.82, 2.24) is 9.55 Å². The van der Waals surface area contributed by atoms with Crippen LogP contribution >= 0.6 is 0 Å². The highest BCUT2D eigenvalue weighted by Crippen LogP contribution is 2.26. The molecule has 0 saturated heterocycles. The van der Waals surface area contributed by atoms with E-state index in [2.05, 4.69) is 17.1 Å². The van der Waals surface area contributed by atoms with Crippen LogP contribution in [0.1, 0.15) is 12.0 Å². The Morgan fingerprint density at radius 1 is 1.09 bits per heavy atom. The maximum absolute atomic E-state index is 13.1. The Labute approximate surface area is 126 Å². The smallest absolute Gasteiger partial charge is 0.141 e.